The molecule has 1 aliphatic heterocycles. The van der Waals surface area contributed by atoms with E-state index in [0.29, 0.717) is 12.6 Å². The minimum atomic E-state index is -0.0112. The van der Waals surface area contributed by atoms with E-state index in [0.717, 1.165) is 6.54 Å². The van der Waals surface area contributed by atoms with Crippen LogP contribution in [0.25, 0.3) is 0 Å². The van der Waals surface area contributed by atoms with Crippen molar-refractivity contribution in [3.63, 3.8) is 0 Å². The summed E-state index contributed by atoms with van der Waals surface area (Å²) in [6.07, 6.45) is 2.58. The highest BCUT2D eigenvalue weighted by molar-refractivity contribution is 5.77. The molecule has 1 N–H and O–H groups in total. The molecule has 1 saturated heterocycles. The van der Waals surface area contributed by atoms with E-state index >= 15 is 0 Å². The number of carbonyl (C=O) groups is 1. The first-order valence-corrected chi connectivity index (χ1v) is 5.82. The predicted molar refractivity (Wildman–Crippen MR) is 59.8 cm³/mol. The molecule has 0 spiro atoms. The number of ether oxygens (including phenoxy) is 1. The number of hydrogen-bond acceptors (Lipinski definition) is 3. The molecule has 1 rings (SSSR count). The van der Waals surface area contributed by atoms with Gasteiger partial charge in [0.05, 0.1) is 0 Å². The molecule has 1 amide bonds. The number of amides is 1. The number of likely N-dealkylation sites (tertiary alicyclic amines) is 1. The van der Waals surface area contributed by atoms with Gasteiger partial charge in [-0.25, -0.2) is 0 Å². The van der Waals surface area contributed by atoms with Crippen molar-refractivity contribution in [2.75, 3.05) is 32.8 Å². The van der Waals surface area contributed by atoms with Crippen LogP contribution in [0.3, 0.4) is 0 Å². The van der Waals surface area contributed by atoms with Crippen molar-refractivity contribution < 1.29 is 9.53 Å². The van der Waals surface area contributed by atoms with Gasteiger partial charge in [-0.3, -0.25) is 9.69 Å². The second-order valence-electron chi connectivity index (χ2n) is 4.03. The molecule has 88 valence electrons. The van der Waals surface area contributed by atoms with Gasteiger partial charge < -0.3 is 10.1 Å². The molecule has 4 heteroatoms. The smallest absolute Gasteiger partial charge is 0.246 e. The summed E-state index contributed by atoms with van der Waals surface area (Å²) in [5, 5.41) is 2.89. The Labute approximate surface area is 92.0 Å². The van der Waals surface area contributed by atoms with Crippen LogP contribution >= 0.6 is 0 Å². The van der Waals surface area contributed by atoms with E-state index in [-0.39, 0.29) is 12.5 Å². The Kier molecular flexibility index (Phi) is 5.65. The number of hydrogen-bond donors (Lipinski definition) is 1. The SMILES string of the molecule is CCOCC(=O)NCC(C)N1CCCC1. The first-order chi connectivity index (χ1) is 7.24. The van der Waals surface area contributed by atoms with E-state index in [1.54, 1.807) is 0 Å². The Morgan fingerprint density at radius 2 is 2.13 bits per heavy atom. The van der Waals surface area contributed by atoms with Crippen LogP contribution < -0.4 is 5.32 Å². The van der Waals surface area contributed by atoms with E-state index in [9.17, 15) is 4.79 Å². The fraction of sp³-hybridized carbons (Fsp3) is 0.909. The van der Waals surface area contributed by atoms with Gasteiger partial charge in [-0.1, -0.05) is 0 Å². The first-order valence-electron chi connectivity index (χ1n) is 5.82. The van der Waals surface area contributed by atoms with Crippen LogP contribution in [0, 0.1) is 0 Å². The monoisotopic (exact) mass is 214 g/mol. The lowest BCUT2D eigenvalue weighted by Gasteiger charge is -2.23. The van der Waals surface area contributed by atoms with Crippen molar-refractivity contribution in [2.24, 2.45) is 0 Å². The summed E-state index contributed by atoms with van der Waals surface area (Å²) in [5.41, 5.74) is 0. The lowest BCUT2D eigenvalue weighted by Crippen LogP contribution is -2.41. The van der Waals surface area contributed by atoms with Crippen molar-refractivity contribution >= 4 is 5.91 Å². The second-order valence-corrected chi connectivity index (χ2v) is 4.03. The van der Waals surface area contributed by atoms with Crippen molar-refractivity contribution in [3.8, 4) is 0 Å². The molecular weight excluding hydrogens is 192 g/mol. The standard InChI is InChI=1S/C11H22N2O2/c1-3-15-9-11(14)12-8-10(2)13-6-4-5-7-13/h10H,3-9H2,1-2H3,(H,12,14). The summed E-state index contributed by atoms with van der Waals surface area (Å²) in [6, 6.07) is 0.443. The van der Waals surface area contributed by atoms with Crippen molar-refractivity contribution in [3.05, 3.63) is 0 Å². The minimum Gasteiger partial charge on any atom is -0.372 e. The summed E-state index contributed by atoms with van der Waals surface area (Å²) < 4.78 is 5.03. The molecule has 1 unspecified atom stereocenters. The summed E-state index contributed by atoms with van der Waals surface area (Å²) in [5.74, 6) is -0.0112. The maximum atomic E-state index is 11.3. The number of nitrogens with zero attached hydrogens (tertiary/aromatic N) is 1. The van der Waals surface area contributed by atoms with Crippen LogP contribution in [0.5, 0.6) is 0 Å². The average molecular weight is 214 g/mol. The zero-order chi connectivity index (χ0) is 11.1. The van der Waals surface area contributed by atoms with Crippen LogP contribution in [0.4, 0.5) is 0 Å². The van der Waals surface area contributed by atoms with Gasteiger partial charge in [0.2, 0.25) is 5.91 Å². The predicted octanol–water partition coefficient (Wildman–Crippen LogP) is 0.623. The molecule has 15 heavy (non-hydrogen) atoms. The summed E-state index contributed by atoms with van der Waals surface area (Å²) in [7, 11) is 0. The summed E-state index contributed by atoms with van der Waals surface area (Å²) in [4.78, 5) is 13.7. The molecule has 1 heterocycles. The number of nitrogens with one attached hydrogen (secondary N) is 1. The third kappa shape index (κ3) is 4.62. The van der Waals surface area contributed by atoms with Crippen LogP contribution in [-0.4, -0.2) is 49.7 Å². The van der Waals surface area contributed by atoms with Gasteiger partial charge in [0.1, 0.15) is 6.61 Å². The highest BCUT2D eigenvalue weighted by atomic mass is 16.5. The van der Waals surface area contributed by atoms with Gasteiger partial charge in [0, 0.05) is 19.2 Å². The third-order valence-corrected chi connectivity index (χ3v) is 2.80. The second kappa shape index (κ2) is 6.80. The Bertz CT molecular complexity index is 191. The fourth-order valence-electron chi connectivity index (χ4n) is 1.82. The molecule has 0 aromatic rings. The topological polar surface area (TPSA) is 41.6 Å². The fourth-order valence-corrected chi connectivity index (χ4v) is 1.82. The lowest BCUT2D eigenvalue weighted by molar-refractivity contribution is -0.125. The Morgan fingerprint density at radius 3 is 2.73 bits per heavy atom. The van der Waals surface area contributed by atoms with E-state index < -0.39 is 0 Å². The van der Waals surface area contributed by atoms with Crippen molar-refractivity contribution in [2.45, 2.75) is 32.7 Å². The van der Waals surface area contributed by atoms with E-state index in [1.807, 2.05) is 6.92 Å². The molecule has 1 atom stereocenters. The first kappa shape index (κ1) is 12.5. The molecule has 0 aromatic carbocycles. The summed E-state index contributed by atoms with van der Waals surface area (Å²) >= 11 is 0. The van der Waals surface area contributed by atoms with Crippen LogP contribution in [0.2, 0.25) is 0 Å². The zero-order valence-corrected chi connectivity index (χ0v) is 9.79. The highest BCUT2D eigenvalue weighted by Gasteiger charge is 2.18. The molecule has 0 radical (unpaired) electrons. The highest BCUT2D eigenvalue weighted by Crippen LogP contribution is 2.10. The van der Waals surface area contributed by atoms with Crippen LogP contribution in [0.1, 0.15) is 26.7 Å². The molecule has 0 aromatic heterocycles. The minimum absolute atomic E-state index is 0.0112. The largest absolute Gasteiger partial charge is 0.372 e. The molecule has 4 nitrogen and oxygen atoms in total. The van der Waals surface area contributed by atoms with Crippen molar-refractivity contribution in [1.82, 2.24) is 10.2 Å². The average Bonchev–Trinajstić information content (AvgIpc) is 2.76. The Balaban J connectivity index is 2.09. The quantitative estimate of drug-likeness (QED) is 0.705. The maximum absolute atomic E-state index is 11.3. The molecule has 1 fully saturated rings. The van der Waals surface area contributed by atoms with Gasteiger partial charge in [-0.05, 0) is 39.8 Å². The van der Waals surface area contributed by atoms with Gasteiger partial charge in [0.15, 0.2) is 0 Å². The lowest BCUT2D eigenvalue weighted by atomic mass is 10.3. The van der Waals surface area contributed by atoms with Crippen molar-refractivity contribution in [1.29, 1.82) is 0 Å². The third-order valence-electron chi connectivity index (χ3n) is 2.80. The molecule has 1 aliphatic rings. The zero-order valence-electron chi connectivity index (χ0n) is 9.79. The van der Waals surface area contributed by atoms with Gasteiger partial charge in [-0.15, -0.1) is 0 Å². The maximum Gasteiger partial charge on any atom is 0.246 e. The van der Waals surface area contributed by atoms with Gasteiger partial charge >= 0.3 is 0 Å². The van der Waals surface area contributed by atoms with Gasteiger partial charge in [-0.2, -0.15) is 0 Å². The Hall–Kier alpha value is -0.610. The normalized spacial score (nSPS) is 19.1. The molecule has 0 bridgehead atoms. The molecule has 0 saturated carbocycles. The number of carbonyl (C=O) groups excluding carboxylic acids is 1. The molecule has 0 aliphatic carbocycles. The van der Waals surface area contributed by atoms with Gasteiger partial charge in [0.25, 0.3) is 0 Å². The summed E-state index contributed by atoms with van der Waals surface area (Å²) in [6.45, 7) is 7.89. The Morgan fingerprint density at radius 1 is 1.47 bits per heavy atom. The number of rotatable bonds is 6. The van der Waals surface area contributed by atoms with Crippen LogP contribution in [0.15, 0.2) is 0 Å². The molecular formula is C11H22N2O2. The van der Waals surface area contributed by atoms with Crippen LogP contribution in [-0.2, 0) is 9.53 Å². The van der Waals surface area contributed by atoms with E-state index in [4.69, 9.17) is 4.74 Å². The van der Waals surface area contributed by atoms with E-state index in [2.05, 4.69) is 17.1 Å². The van der Waals surface area contributed by atoms with E-state index in [1.165, 1.54) is 25.9 Å².